The van der Waals surface area contributed by atoms with E-state index in [0.717, 1.165) is 28.1 Å². The van der Waals surface area contributed by atoms with Crippen molar-refractivity contribution in [2.24, 2.45) is 0 Å². The quantitative estimate of drug-likeness (QED) is 0.576. The molecular weight excluding hydrogens is 300 g/mol. The lowest BCUT2D eigenvalue weighted by atomic mass is 10.0. The molecule has 0 amide bonds. The Balaban J connectivity index is 1.74. The fourth-order valence-electron chi connectivity index (χ4n) is 2.30. The second-order valence-electron chi connectivity index (χ2n) is 5.27. The lowest BCUT2D eigenvalue weighted by Gasteiger charge is -2.10. The molecule has 3 rings (SSSR count). The zero-order valence-electron chi connectivity index (χ0n) is 13.1. The molecule has 0 aromatic heterocycles. The van der Waals surface area contributed by atoms with Crippen LogP contribution in [0.2, 0.25) is 0 Å². The highest BCUT2D eigenvalue weighted by Gasteiger charge is 2.02. The van der Waals surface area contributed by atoms with Gasteiger partial charge in [0.25, 0.3) is 0 Å². The molecule has 0 unspecified atom stereocenters. The molecule has 0 heterocycles. The summed E-state index contributed by atoms with van der Waals surface area (Å²) in [5.41, 5.74) is 9.30. The van der Waals surface area contributed by atoms with E-state index in [2.05, 4.69) is 17.5 Å². The van der Waals surface area contributed by atoms with Crippen LogP contribution in [0.15, 0.2) is 85.4 Å². The summed E-state index contributed by atoms with van der Waals surface area (Å²) in [6.45, 7) is 3.73. The van der Waals surface area contributed by atoms with Crippen molar-refractivity contribution < 1.29 is 10.0 Å². The van der Waals surface area contributed by atoms with Crippen LogP contribution in [0.4, 0.5) is 5.69 Å². The van der Waals surface area contributed by atoms with Crippen LogP contribution in [0.25, 0.3) is 16.8 Å². The molecule has 0 saturated heterocycles. The first kappa shape index (κ1) is 15.6. The van der Waals surface area contributed by atoms with E-state index < -0.39 is 0 Å². The summed E-state index contributed by atoms with van der Waals surface area (Å²) in [5, 5.41) is 8.89. The second-order valence-corrected chi connectivity index (χ2v) is 5.27. The van der Waals surface area contributed by atoms with Crippen LogP contribution in [-0.4, -0.2) is 5.21 Å². The van der Waals surface area contributed by atoms with Crippen molar-refractivity contribution in [1.82, 2.24) is 5.48 Å². The molecule has 0 saturated carbocycles. The Bertz CT molecular complexity index is 815. The summed E-state index contributed by atoms with van der Waals surface area (Å²) in [6, 6.07) is 25.3. The predicted octanol–water partition coefficient (Wildman–Crippen LogP) is 4.71. The van der Waals surface area contributed by atoms with Gasteiger partial charge in [-0.3, -0.25) is 10.7 Å². The molecule has 0 bridgehead atoms. The molecule has 0 fully saturated rings. The third-order valence-electron chi connectivity index (χ3n) is 3.59. The van der Waals surface area contributed by atoms with Gasteiger partial charge >= 0.3 is 0 Å². The van der Waals surface area contributed by atoms with Gasteiger partial charge in [-0.05, 0) is 41.0 Å². The fourth-order valence-corrected chi connectivity index (χ4v) is 2.30. The smallest absolute Gasteiger partial charge is 0.155 e. The van der Waals surface area contributed by atoms with E-state index in [1.807, 2.05) is 78.9 Å². The van der Waals surface area contributed by atoms with Gasteiger partial charge in [-0.1, -0.05) is 61.2 Å². The molecule has 0 aliphatic carbocycles. The average Bonchev–Trinajstić information content (AvgIpc) is 2.67. The van der Waals surface area contributed by atoms with Gasteiger partial charge < -0.3 is 4.84 Å². The lowest BCUT2D eigenvalue weighted by Crippen LogP contribution is -2.04. The molecule has 0 radical (unpaired) electrons. The van der Waals surface area contributed by atoms with E-state index in [4.69, 9.17) is 10.0 Å². The van der Waals surface area contributed by atoms with Gasteiger partial charge in [0.2, 0.25) is 0 Å². The van der Waals surface area contributed by atoms with Crippen molar-refractivity contribution in [1.29, 1.82) is 0 Å². The first-order valence-electron chi connectivity index (χ1n) is 7.54. The number of anilines is 1. The number of hydrogen-bond donors (Lipinski definition) is 3. The van der Waals surface area contributed by atoms with Crippen molar-refractivity contribution in [3.05, 3.63) is 91.0 Å². The SMILES string of the molecule is C=C(NO)c1ccc(-c2cccc(NOc3ccccc3)c2)cc1. The van der Waals surface area contributed by atoms with Gasteiger partial charge in [0.1, 0.15) is 0 Å². The van der Waals surface area contributed by atoms with Crippen LogP contribution in [0.1, 0.15) is 5.56 Å². The van der Waals surface area contributed by atoms with Crippen molar-refractivity contribution in [2.45, 2.75) is 0 Å². The van der Waals surface area contributed by atoms with Crippen molar-refractivity contribution in [2.75, 3.05) is 5.48 Å². The standard InChI is InChI=1S/C20H18N2O2/c1-15(21-23)16-10-12-17(13-11-16)18-6-5-7-19(14-18)22-24-20-8-3-2-4-9-20/h2-14,21-23H,1H2. The molecule has 0 atom stereocenters. The third-order valence-corrected chi connectivity index (χ3v) is 3.59. The Morgan fingerprint density at radius 1 is 0.833 bits per heavy atom. The van der Waals surface area contributed by atoms with Crippen LogP contribution in [0.3, 0.4) is 0 Å². The minimum atomic E-state index is 0.466. The number of benzene rings is 3. The number of hydroxylamine groups is 1. The molecule has 0 aliphatic heterocycles. The minimum absolute atomic E-state index is 0.466. The highest BCUT2D eigenvalue weighted by molar-refractivity contribution is 5.70. The topological polar surface area (TPSA) is 53.5 Å². The van der Waals surface area contributed by atoms with Crippen molar-refractivity contribution >= 4 is 11.4 Å². The highest BCUT2D eigenvalue weighted by Crippen LogP contribution is 2.24. The summed E-state index contributed by atoms with van der Waals surface area (Å²) >= 11 is 0. The molecule has 0 aliphatic rings. The maximum Gasteiger partial charge on any atom is 0.155 e. The molecule has 24 heavy (non-hydrogen) atoms. The summed E-state index contributed by atoms with van der Waals surface area (Å²) in [6.07, 6.45) is 0. The molecule has 0 spiro atoms. The second kappa shape index (κ2) is 7.35. The molecule has 4 heteroatoms. The molecule has 3 N–H and O–H groups in total. The molecular formula is C20H18N2O2. The maximum absolute atomic E-state index is 8.89. The number of hydrogen-bond acceptors (Lipinski definition) is 4. The largest absolute Gasteiger partial charge is 0.382 e. The van der Waals surface area contributed by atoms with Crippen LogP contribution in [0.5, 0.6) is 5.75 Å². The van der Waals surface area contributed by atoms with E-state index in [9.17, 15) is 0 Å². The minimum Gasteiger partial charge on any atom is -0.382 e. The zero-order chi connectivity index (χ0) is 16.8. The van der Waals surface area contributed by atoms with E-state index in [1.54, 1.807) is 0 Å². The van der Waals surface area contributed by atoms with Crippen molar-refractivity contribution in [3.8, 4) is 16.9 Å². The summed E-state index contributed by atoms with van der Waals surface area (Å²) in [7, 11) is 0. The van der Waals surface area contributed by atoms with Gasteiger partial charge in [-0.15, -0.1) is 0 Å². The van der Waals surface area contributed by atoms with Crippen LogP contribution < -0.4 is 15.8 Å². The monoisotopic (exact) mass is 318 g/mol. The fraction of sp³-hybridized carbons (Fsp3) is 0. The summed E-state index contributed by atoms with van der Waals surface area (Å²) < 4.78 is 0. The number of para-hydroxylation sites is 1. The average molecular weight is 318 g/mol. The Labute approximate surface area is 141 Å². The Morgan fingerprint density at radius 3 is 2.29 bits per heavy atom. The van der Waals surface area contributed by atoms with E-state index in [1.165, 1.54) is 0 Å². The normalized spacial score (nSPS) is 10.0. The van der Waals surface area contributed by atoms with Crippen molar-refractivity contribution in [3.63, 3.8) is 0 Å². The first-order valence-corrected chi connectivity index (χ1v) is 7.54. The van der Waals surface area contributed by atoms with Crippen LogP contribution in [0, 0.1) is 0 Å². The Hall–Kier alpha value is -3.24. The van der Waals surface area contributed by atoms with E-state index in [0.29, 0.717) is 5.70 Å². The lowest BCUT2D eigenvalue weighted by molar-refractivity contribution is 0.225. The maximum atomic E-state index is 8.89. The third kappa shape index (κ3) is 3.74. The molecule has 120 valence electrons. The van der Waals surface area contributed by atoms with E-state index >= 15 is 0 Å². The number of nitrogens with one attached hydrogen (secondary N) is 2. The van der Waals surface area contributed by atoms with E-state index in [-0.39, 0.29) is 0 Å². The predicted molar refractivity (Wildman–Crippen MR) is 96.5 cm³/mol. The van der Waals surface area contributed by atoms with Crippen LogP contribution in [-0.2, 0) is 0 Å². The summed E-state index contributed by atoms with van der Waals surface area (Å²) in [5.74, 6) is 0.752. The van der Waals surface area contributed by atoms with Gasteiger partial charge in [-0.25, -0.2) is 5.48 Å². The van der Waals surface area contributed by atoms with Gasteiger partial charge in [-0.2, -0.15) is 0 Å². The molecule has 3 aromatic rings. The summed E-state index contributed by atoms with van der Waals surface area (Å²) in [4.78, 5) is 5.55. The van der Waals surface area contributed by atoms with Gasteiger partial charge in [0, 0.05) is 0 Å². The van der Waals surface area contributed by atoms with Gasteiger partial charge in [0.05, 0.1) is 11.4 Å². The Morgan fingerprint density at radius 2 is 1.58 bits per heavy atom. The highest BCUT2D eigenvalue weighted by atomic mass is 16.6. The first-order chi connectivity index (χ1) is 11.8. The molecule has 4 nitrogen and oxygen atoms in total. The van der Waals surface area contributed by atoms with Crippen LogP contribution >= 0.6 is 0 Å². The van der Waals surface area contributed by atoms with Gasteiger partial charge in [0.15, 0.2) is 5.75 Å². The molecule has 3 aromatic carbocycles. The zero-order valence-corrected chi connectivity index (χ0v) is 13.1. The Kier molecular flexibility index (Phi) is 4.79. The number of rotatable bonds is 6.